The summed E-state index contributed by atoms with van der Waals surface area (Å²) in [5, 5.41) is 5.63. The molecular weight excluding hydrogens is 252 g/mol. The Hall–Kier alpha value is -0.100. The number of rotatable bonds is 6. The van der Waals surface area contributed by atoms with Crippen molar-refractivity contribution < 1.29 is 4.74 Å². The Bertz CT molecular complexity index is 337. The molecule has 2 atom stereocenters. The van der Waals surface area contributed by atoms with Gasteiger partial charge in [-0.1, -0.05) is 11.8 Å². The van der Waals surface area contributed by atoms with Crippen LogP contribution in [-0.4, -0.2) is 36.0 Å². The molecule has 1 aliphatic rings. The van der Waals surface area contributed by atoms with Gasteiger partial charge in [0.05, 0.1) is 6.10 Å². The van der Waals surface area contributed by atoms with Crippen LogP contribution in [0.25, 0.3) is 0 Å². The summed E-state index contributed by atoms with van der Waals surface area (Å²) in [7, 11) is 0. The molecule has 1 fully saturated rings. The molecule has 1 N–H and O–H groups in total. The molecule has 1 aliphatic heterocycles. The van der Waals surface area contributed by atoms with Crippen LogP contribution in [0, 0.1) is 6.92 Å². The predicted octanol–water partition coefficient (Wildman–Crippen LogP) is 2.70. The summed E-state index contributed by atoms with van der Waals surface area (Å²) < 4.78 is 6.83. The maximum Gasteiger partial charge on any atom is 0.150 e. The first-order chi connectivity index (χ1) is 8.25. The van der Waals surface area contributed by atoms with Crippen molar-refractivity contribution in [3.05, 3.63) is 11.1 Å². The van der Waals surface area contributed by atoms with E-state index in [1.54, 1.807) is 11.3 Å². The van der Waals surface area contributed by atoms with Gasteiger partial charge in [-0.15, -0.1) is 11.3 Å². The van der Waals surface area contributed by atoms with Crippen molar-refractivity contribution in [3.8, 4) is 0 Å². The number of thioether (sulfide) groups is 1. The lowest BCUT2D eigenvalue weighted by molar-refractivity contribution is 0.0844. The minimum atomic E-state index is 0.419. The average Bonchev–Trinajstić information content (AvgIpc) is 2.95. The quantitative estimate of drug-likeness (QED) is 0.638. The minimum absolute atomic E-state index is 0.419. The number of hydrogen-bond acceptors (Lipinski definition) is 5. The van der Waals surface area contributed by atoms with Crippen LogP contribution in [0.5, 0.6) is 0 Å². The summed E-state index contributed by atoms with van der Waals surface area (Å²) in [5.41, 5.74) is 1.12. The molecule has 1 aromatic heterocycles. The molecule has 0 aliphatic carbocycles. The second-order valence-corrected chi connectivity index (χ2v) is 6.60. The van der Waals surface area contributed by atoms with Crippen LogP contribution in [0.2, 0.25) is 0 Å². The van der Waals surface area contributed by atoms with E-state index in [4.69, 9.17) is 4.74 Å². The first-order valence-electron chi connectivity index (χ1n) is 6.15. The van der Waals surface area contributed by atoms with Gasteiger partial charge in [-0.05, 0) is 26.7 Å². The Morgan fingerprint density at radius 1 is 1.71 bits per heavy atom. The van der Waals surface area contributed by atoms with Crippen LogP contribution < -0.4 is 5.32 Å². The fraction of sp³-hybridized carbons (Fsp3) is 0.750. The van der Waals surface area contributed by atoms with Crippen LogP contribution in [0.4, 0.5) is 0 Å². The molecule has 1 saturated heterocycles. The molecule has 0 spiro atoms. The van der Waals surface area contributed by atoms with Gasteiger partial charge in [-0.3, -0.25) is 0 Å². The molecule has 0 amide bonds. The molecule has 3 nitrogen and oxygen atoms in total. The Morgan fingerprint density at radius 2 is 2.59 bits per heavy atom. The smallest absolute Gasteiger partial charge is 0.150 e. The van der Waals surface area contributed by atoms with E-state index in [1.807, 2.05) is 18.7 Å². The maximum absolute atomic E-state index is 5.65. The fourth-order valence-corrected chi connectivity index (χ4v) is 3.74. The number of aromatic nitrogens is 1. The van der Waals surface area contributed by atoms with Gasteiger partial charge in [0.15, 0.2) is 0 Å². The summed E-state index contributed by atoms with van der Waals surface area (Å²) in [5.74, 6) is 1.07. The van der Waals surface area contributed by atoms with Crippen molar-refractivity contribution in [1.82, 2.24) is 10.3 Å². The second kappa shape index (κ2) is 6.73. The molecule has 2 heterocycles. The Morgan fingerprint density at radius 3 is 3.24 bits per heavy atom. The number of hydrogen-bond donors (Lipinski definition) is 1. The van der Waals surface area contributed by atoms with E-state index in [1.165, 1.54) is 17.2 Å². The van der Waals surface area contributed by atoms with Crippen LogP contribution in [0.1, 0.15) is 25.5 Å². The monoisotopic (exact) mass is 272 g/mol. The molecule has 0 bridgehead atoms. The van der Waals surface area contributed by atoms with Crippen molar-refractivity contribution >= 4 is 23.1 Å². The van der Waals surface area contributed by atoms with Crippen molar-refractivity contribution in [3.63, 3.8) is 0 Å². The van der Waals surface area contributed by atoms with Gasteiger partial charge >= 0.3 is 0 Å². The topological polar surface area (TPSA) is 34.1 Å². The number of thiazole rings is 1. The Kier molecular flexibility index (Phi) is 5.28. The molecule has 0 aromatic carbocycles. The van der Waals surface area contributed by atoms with Gasteiger partial charge in [-0.2, -0.15) is 0 Å². The van der Waals surface area contributed by atoms with Crippen molar-refractivity contribution in [1.29, 1.82) is 0 Å². The fourth-order valence-electron chi connectivity index (χ4n) is 1.95. The first-order valence-corrected chi connectivity index (χ1v) is 8.02. The molecule has 0 saturated carbocycles. The molecule has 1 aromatic rings. The predicted molar refractivity (Wildman–Crippen MR) is 74.0 cm³/mol. The number of nitrogens with one attached hydrogen (secondary N) is 1. The third kappa shape index (κ3) is 4.25. The van der Waals surface area contributed by atoms with Crippen molar-refractivity contribution in [2.75, 3.05) is 18.9 Å². The average molecular weight is 272 g/mol. The Labute approximate surface area is 111 Å². The minimum Gasteiger partial charge on any atom is -0.377 e. The van der Waals surface area contributed by atoms with E-state index in [2.05, 4.69) is 22.6 Å². The van der Waals surface area contributed by atoms with Crippen molar-refractivity contribution in [2.24, 2.45) is 0 Å². The standard InChI is InChI=1S/C12H20N2OS2/c1-9-8-17-12(14-9)16-7-5-13-10(2)11-4-3-6-15-11/h8,10-11,13H,3-7H2,1-2H3. The molecule has 17 heavy (non-hydrogen) atoms. The lowest BCUT2D eigenvalue weighted by Crippen LogP contribution is -2.38. The van der Waals surface area contributed by atoms with Crippen LogP contribution in [0.15, 0.2) is 9.72 Å². The molecule has 0 radical (unpaired) electrons. The number of ether oxygens (including phenoxy) is 1. The van der Waals surface area contributed by atoms with Gasteiger partial charge < -0.3 is 10.1 Å². The number of aryl methyl sites for hydroxylation is 1. The van der Waals surface area contributed by atoms with E-state index < -0.39 is 0 Å². The maximum atomic E-state index is 5.65. The highest BCUT2D eigenvalue weighted by molar-refractivity contribution is 8.01. The lowest BCUT2D eigenvalue weighted by atomic mass is 10.1. The van der Waals surface area contributed by atoms with Crippen molar-refractivity contribution in [2.45, 2.75) is 43.2 Å². The normalized spacial score (nSPS) is 21.9. The molecule has 96 valence electrons. The van der Waals surface area contributed by atoms with Crippen LogP contribution in [-0.2, 0) is 4.74 Å². The highest BCUT2D eigenvalue weighted by atomic mass is 32.2. The molecule has 2 rings (SSSR count). The van der Waals surface area contributed by atoms with Crippen LogP contribution >= 0.6 is 23.1 Å². The summed E-state index contributed by atoms with van der Waals surface area (Å²) >= 11 is 3.56. The Balaban J connectivity index is 1.59. The van der Waals surface area contributed by atoms with E-state index in [-0.39, 0.29) is 0 Å². The van der Waals surface area contributed by atoms with Gasteiger partial charge in [-0.25, -0.2) is 4.98 Å². The molecule has 2 unspecified atom stereocenters. The zero-order valence-corrected chi connectivity index (χ0v) is 12.1. The van der Waals surface area contributed by atoms with E-state index in [0.29, 0.717) is 12.1 Å². The van der Waals surface area contributed by atoms with E-state index >= 15 is 0 Å². The van der Waals surface area contributed by atoms with Gasteiger partial charge in [0.2, 0.25) is 0 Å². The highest BCUT2D eigenvalue weighted by Gasteiger charge is 2.21. The van der Waals surface area contributed by atoms with E-state index in [9.17, 15) is 0 Å². The zero-order valence-electron chi connectivity index (χ0n) is 10.4. The first kappa shape index (κ1) is 13.3. The zero-order chi connectivity index (χ0) is 12.1. The third-order valence-electron chi connectivity index (χ3n) is 2.91. The van der Waals surface area contributed by atoms with Crippen LogP contribution in [0.3, 0.4) is 0 Å². The molecular formula is C12H20N2OS2. The van der Waals surface area contributed by atoms with Gasteiger partial charge in [0, 0.05) is 36.0 Å². The number of nitrogens with zero attached hydrogens (tertiary/aromatic N) is 1. The SMILES string of the molecule is Cc1csc(SCCNC(C)C2CCCO2)n1. The largest absolute Gasteiger partial charge is 0.377 e. The summed E-state index contributed by atoms with van der Waals surface area (Å²) in [4.78, 5) is 4.43. The summed E-state index contributed by atoms with van der Waals surface area (Å²) in [6.45, 7) is 6.21. The molecule has 5 heteroatoms. The van der Waals surface area contributed by atoms with Gasteiger partial charge in [0.25, 0.3) is 0 Å². The highest BCUT2D eigenvalue weighted by Crippen LogP contribution is 2.21. The van der Waals surface area contributed by atoms with Gasteiger partial charge in [0.1, 0.15) is 4.34 Å². The van der Waals surface area contributed by atoms with E-state index in [0.717, 1.165) is 24.6 Å². The second-order valence-electron chi connectivity index (χ2n) is 4.40. The third-order valence-corrected chi connectivity index (χ3v) is 5.06. The summed E-state index contributed by atoms with van der Waals surface area (Å²) in [6, 6.07) is 0.469. The summed E-state index contributed by atoms with van der Waals surface area (Å²) in [6.07, 6.45) is 2.83. The lowest BCUT2D eigenvalue weighted by Gasteiger charge is -2.19.